The summed E-state index contributed by atoms with van der Waals surface area (Å²) in [7, 11) is 0. The molecule has 1 atom stereocenters. The van der Waals surface area contributed by atoms with Gasteiger partial charge in [-0.25, -0.2) is 4.39 Å². The molecule has 3 aliphatic rings. The summed E-state index contributed by atoms with van der Waals surface area (Å²) >= 11 is 0. The predicted molar refractivity (Wildman–Crippen MR) is 108 cm³/mol. The van der Waals surface area contributed by atoms with Gasteiger partial charge in [0.1, 0.15) is 18.5 Å². The van der Waals surface area contributed by atoms with Gasteiger partial charge in [0, 0.05) is 30.9 Å². The van der Waals surface area contributed by atoms with E-state index >= 15 is 0 Å². The van der Waals surface area contributed by atoms with Crippen LogP contribution in [0.25, 0.3) is 0 Å². The first kappa shape index (κ1) is 20.3. The van der Waals surface area contributed by atoms with E-state index in [9.17, 15) is 14.0 Å². The van der Waals surface area contributed by atoms with Crippen molar-refractivity contribution in [2.24, 2.45) is 5.73 Å². The van der Waals surface area contributed by atoms with Gasteiger partial charge in [-0.1, -0.05) is 12.8 Å². The van der Waals surface area contributed by atoms with Crippen molar-refractivity contribution in [2.45, 2.75) is 56.7 Å². The van der Waals surface area contributed by atoms with E-state index in [4.69, 9.17) is 10.5 Å². The number of carbonyl (C=O) groups is 2. The standard InChI is InChI=1S/C21H29FN4O3/c22-17-11-16(25-9-10-29-13-20(25)27)7-8-18(17)24-21(28)19(12-23)26(14-3-1-4-14)15-5-2-6-15/h7-8,11,14-15,19H,1-6,9-10,12-13,23H2,(H,24,28)/t19-/m1/s1. The molecule has 3 N–H and O–H groups in total. The number of nitrogens with zero attached hydrogens (tertiary/aromatic N) is 2. The summed E-state index contributed by atoms with van der Waals surface area (Å²) < 4.78 is 19.8. The van der Waals surface area contributed by atoms with Crippen molar-refractivity contribution in [3.63, 3.8) is 0 Å². The van der Waals surface area contributed by atoms with Crippen LogP contribution >= 0.6 is 0 Å². The lowest BCUT2D eigenvalue weighted by Gasteiger charge is -2.49. The molecule has 0 aromatic heterocycles. The molecule has 1 heterocycles. The highest BCUT2D eigenvalue weighted by atomic mass is 19.1. The monoisotopic (exact) mass is 404 g/mol. The molecular formula is C21H29FN4O3. The maximum atomic E-state index is 14.7. The molecule has 1 aromatic carbocycles. The minimum atomic E-state index is -0.565. The van der Waals surface area contributed by atoms with Crippen LogP contribution in [0.5, 0.6) is 0 Å². The zero-order chi connectivity index (χ0) is 20.4. The molecule has 2 aliphatic carbocycles. The van der Waals surface area contributed by atoms with Gasteiger partial charge in [0.25, 0.3) is 5.91 Å². The highest BCUT2D eigenvalue weighted by Gasteiger charge is 2.40. The molecule has 7 nitrogen and oxygen atoms in total. The van der Waals surface area contributed by atoms with Crippen molar-refractivity contribution in [1.82, 2.24) is 4.90 Å². The fourth-order valence-corrected chi connectivity index (χ4v) is 4.32. The van der Waals surface area contributed by atoms with E-state index in [0.29, 0.717) is 30.9 Å². The molecule has 29 heavy (non-hydrogen) atoms. The third-order valence-electron chi connectivity index (χ3n) is 6.39. The summed E-state index contributed by atoms with van der Waals surface area (Å²) in [6, 6.07) is 4.79. The summed E-state index contributed by atoms with van der Waals surface area (Å²) in [4.78, 5) is 28.7. The van der Waals surface area contributed by atoms with Crippen LogP contribution in [0, 0.1) is 5.82 Å². The van der Waals surface area contributed by atoms with Crippen molar-refractivity contribution in [1.29, 1.82) is 0 Å². The van der Waals surface area contributed by atoms with Gasteiger partial charge < -0.3 is 20.7 Å². The van der Waals surface area contributed by atoms with Crippen LogP contribution in [-0.2, 0) is 14.3 Å². The first-order valence-corrected chi connectivity index (χ1v) is 10.5. The maximum absolute atomic E-state index is 14.7. The number of halogens is 1. The van der Waals surface area contributed by atoms with Crippen LogP contribution in [0.15, 0.2) is 18.2 Å². The minimum absolute atomic E-state index is 0.00352. The first-order valence-electron chi connectivity index (χ1n) is 10.5. The largest absolute Gasteiger partial charge is 0.370 e. The summed E-state index contributed by atoms with van der Waals surface area (Å²) in [6.07, 6.45) is 6.74. The van der Waals surface area contributed by atoms with Crippen LogP contribution in [0.3, 0.4) is 0 Å². The number of carbonyl (C=O) groups excluding carboxylic acids is 2. The van der Waals surface area contributed by atoms with Gasteiger partial charge in [0.05, 0.1) is 12.3 Å². The Balaban J connectivity index is 1.47. The average molecular weight is 404 g/mol. The Labute approximate surface area is 170 Å². The highest BCUT2D eigenvalue weighted by Crippen LogP contribution is 2.35. The number of nitrogens with two attached hydrogens (primary N) is 1. The number of amides is 2. The number of morpholine rings is 1. The third-order valence-corrected chi connectivity index (χ3v) is 6.39. The van der Waals surface area contributed by atoms with E-state index in [-0.39, 0.29) is 30.7 Å². The number of hydrogen-bond acceptors (Lipinski definition) is 5. The summed E-state index contributed by atoms with van der Waals surface area (Å²) in [5, 5.41) is 2.73. The third kappa shape index (κ3) is 4.15. The van der Waals surface area contributed by atoms with E-state index in [0.717, 1.165) is 25.7 Å². The van der Waals surface area contributed by atoms with Gasteiger partial charge in [-0.15, -0.1) is 0 Å². The second kappa shape index (κ2) is 8.77. The Morgan fingerprint density at radius 3 is 2.48 bits per heavy atom. The SMILES string of the molecule is NC[C@H](C(=O)Nc1ccc(N2CCOCC2=O)cc1F)N(C1CCC1)C1CCC1. The van der Waals surface area contributed by atoms with E-state index < -0.39 is 11.9 Å². The molecule has 0 radical (unpaired) electrons. The van der Waals surface area contributed by atoms with E-state index in [1.165, 1.54) is 29.9 Å². The van der Waals surface area contributed by atoms with Gasteiger partial charge in [-0.3, -0.25) is 14.5 Å². The zero-order valence-electron chi connectivity index (χ0n) is 16.6. The normalized spacial score (nSPS) is 21.6. The Hall–Kier alpha value is -2.03. The Morgan fingerprint density at radius 1 is 1.28 bits per heavy atom. The van der Waals surface area contributed by atoms with Crippen LogP contribution < -0.4 is 16.0 Å². The lowest BCUT2D eigenvalue weighted by Crippen LogP contribution is -2.60. The molecule has 158 valence electrons. The molecule has 2 amide bonds. The second-order valence-corrected chi connectivity index (χ2v) is 8.12. The van der Waals surface area contributed by atoms with Gasteiger partial charge >= 0.3 is 0 Å². The summed E-state index contributed by atoms with van der Waals surface area (Å²) in [5.41, 5.74) is 6.56. The Kier molecular flexibility index (Phi) is 6.12. The molecule has 1 aromatic rings. The molecule has 0 unspecified atom stereocenters. The van der Waals surface area contributed by atoms with Gasteiger partial charge in [-0.2, -0.15) is 0 Å². The number of nitrogens with one attached hydrogen (secondary N) is 1. The number of anilines is 2. The first-order chi connectivity index (χ1) is 14.1. The molecule has 0 bridgehead atoms. The number of hydrogen-bond donors (Lipinski definition) is 2. The van der Waals surface area contributed by atoms with Crippen molar-refractivity contribution in [3.8, 4) is 0 Å². The molecule has 2 saturated carbocycles. The fraction of sp³-hybridized carbons (Fsp3) is 0.619. The van der Waals surface area contributed by atoms with Gasteiger partial charge in [0.15, 0.2) is 0 Å². The fourth-order valence-electron chi connectivity index (χ4n) is 4.32. The van der Waals surface area contributed by atoms with Crippen molar-refractivity contribution in [2.75, 3.05) is 36.5 Å². The lowest BCUT2D eigenvalue weighted by molar-refractivity contribution is -0.126. The average Bonchev–Trinajstić information content (AvgIpc) is 2.61. The van der Waals surface area contributed by atoms with Crippen molar-refractivity contribution in [3.05, 3.63) is 24.0 Å². The summed E-state index contributed by atoms with van der Waals surface area (Å²) in [6.45, 7) is 1.01. The smallest absolute Gasteiger partial charge is 0.253 e. The van der Waals surface area contributed by atoms with E-state index in [2.05, 4.69) is 10.2 Å². The number of benzene rings is 1. The Bertz CT molecular complexity index is 752. The predicted octanol–water partition coefficient (Wildman–Crippen LogP) is 1.86. The topological polar surface area (TPSA) is 87.9 Å². The van der Waals surface area contributed by atoms with Crippen LogP contribution in [0.2, 0.25) is 0 Å². The van der Waals surface area contributed by atoms with E-state index in [1.54, 1.807) is 6.07 Å². The van der Waals surface area contributed by atoms with Crippen LogP contribution in [-0.4, -0.2) is 61.1 Å². The summed E-state index contributed by atoms with van der Waals surface area (Å²) in [5.74, 6) is -1.03. The molecule has 8 heteroatoms. The molecule has 4 rings (SSSR count). The molecule has 1 saturated heterocycles. The second-order valence-electron chi connectivity index (χ2n) is 8.12. The quantitative estimate of drug-likeness (QED) is 0.724. The molecule has 1 aliphatic heterocycles. The highest BCUT2D eigenvalue weighted by molar-refractivity contribution is 5.97. The lowest BCUT2D eigenvalue weighted by atomic mass is 9.83. The van der Waals surface area contributed by atoms with Crippen LogP contribution in [0.1, 0.15) is 38.5 Å². The zero-order valence-corrected chi connectivity index (χ0v) is 16.6. The van der Waals surface area contributed by atoms with E-state index in [1.807, 2.05) is 0 Å². The number of rotatable bonds is 7. The molecule has 0 spiro atoms. The van der Waals surface area contributed by atoms with Crippen molar-refractivity contribution < 1.29 is 18.7 Å². The van der Waals surface area contributed by atoms with Gasteiger partial charge in [0.2, 0.25) is 5.91 Å². The molecule has 3 fully saturated rings. The number of ether oxygens (including phenoxy) is 1. The molecular weight excluding hydrogens is 375 g/mol. The van der Waals surface area contributed by atoms with Crippen molar-refractivity contribution >= 4 is 23.2 Å². The van der Waals surface area contributed by atoms with Gasteiger partial charge in [-0.05, 0) is 43.9 Å². The maximum Gasteiger partial charge on any atom is 0.253 e. The van der Waals surface area contributed by atoms with Crippen LogP contribution in [0.4, 0.5) is 15.8 Å². The Morgan fingerprint density at radius 2 is 1.97 bits per heavy atom. The minimum Gasteiger partial charge on any atom is -0.370 e.